The van der Waals surface area contributed by atoms with E-state index in [1.807, 2.05) is 0 Å². The van der Waals surface area contributed by atoms with Gasteiger partial charge in [0.1, 0.15) is 0 Å². The summed E-state index contributed by atoms with van der Waals surface area (Å²) in [7, 11) is 0. The van der Waals surface area contributed by atoms with Crippen molar-refractivity contribution in [3.05, 3.63) is 0 Å². The fraction of sp³-hybridized carbons (Fsp3) is 1.00. The first-order valence-electron chi connectivity index (χ1n) is 25.3. The molecule has 0 radical (unpaired) electrons. The van der Waals surface area contributed by atoms with Gasteiger partial charge in [-0.15, -0.1) is 0 Å². The van der Waals surface area contributed by atoms with E-state index in [1.54, 1.807) is 0 Å². The van der Waals surface area contributed by atoms with E-state index < -0.39 is 37.9 Å². The molecule has 0 saturated carbocycles. The monoisotopic (exact) mass is 969 g/mol. The molecule has 0 amide bonds. The van der Waals surface area contributed by atoms with Crippen molar-refractivity contribution < 1.29 is 5.73 Å². The molecular formula is C49H102F2Sn2. The first kappa shape index (κ1) is 54.5. The third kappa shape index (κ3) is 40.0. The van der Waals surface area contributed by atoms with Gasteiger partial charge in [0.15, 0.2) is 0 Å². The van der Waals surface area contributed by atoms with E-state index in [4.69, 9.17) is 0 Å². The Morgan fingerprint density at radius 2 is 0.340 bits per heavy atom. The van der Waals surface area contributed by atoms with Crippen LogP contribution in [0.15, 0.2) is 0 Å². The van der Waals surface area contributed by atoms with Crippen molar-refractivity contribution in [2.45, 2.75) is 305 Å². The predicted octanol–water partition coefficient (Wildman–Crippen LogP) is 20.0. The van der Waals surface area contributed by atoms with Gasteiger partial charge in [-0.2, -0.15) is 0 Å². The molecule has 0 spiro atoms. The van der Waals surface area contributed by atoms with Gasteiger partial charge in [-0.3, -0.25) is 0 Å². The van der Waals surface area contributed by atoms with Gasteiger partial charge in [0.05, 0.1) is 0 Å². The number of rotatable bonds is 46. The van der Waals surface area contributed by atoms with Crippen LogP contribution >= 0.6 is 0 Å². The second kappa shape index (κ2) is 43.0. The average molecular weight is 967 g/mol. The number of unbranched alkanes of at least 4 members (excludes halogenated alkanes) is 36. The molecule has 0 aromatic rings. The summed E-state index contributed by atoms with van der Waals surface area (Å²) in [5.74, 6) is 0. The molecule has 0 N–H and O–H groups in total. The maximum absolute atomic E-state index is 17.4. The first-order valence-corrected chi connectivity index (χ1v) is 39.6. The van der Waals surface area contributed by atoms with Crippen molar-refractivity contribution >= 4 is 37.9 Å². The molecule has 0 heterocycles. The van der Waals surface area contributed by atoms with E-state index in [2.05, 4.69) is 27.7 Å². The average Bonchev–Trinajstić information content (AvgIpc) is 3.14. The maximum atomic E-state index is 17.4. The quantitative estimate of drug-likeness (QED) is 0.0421. The van der Waals surface area contributed by atoms with Crippen molar-refractivity contribution in [3.8, 4) is 0 Å². The molecule has 53 heavy (non-hydrogen) atoms. The first-order chi connectivity index (χ1) is 25.9. The van der Waals surface area contributed by atoms with Crippen LogP contribution in [0.2, 0.25) is 20.2 Å². The molecule has 0 atom stereocenters. The van der Waals surface area contributed by atoms with E-state index in [9.17, 15) is 0 Å². The normalized spacial score (nSPS) is 12.3. The summed E-state index contributed by atoms with van der Waals surface area (Å²) in [4.78, 5) is 0. The van der Waals surface area contributed by atoms with Crippen molar-refractivity contribution in [2.75, 3.05) is 0 Å². The number of hydrogen-bond acceptors (Lipinski definition) is 0. The standard InChI is InChI=1S/4C12H25.CH2.2FH.2Sn/c4*1-3-5-7-9-11-12-10-8-6-4-2;;;;;/h4*1,3-12H2,2H3;1H2;2*1H;;/q;;;;;;;2*+1/p-2. The topological polar surface area (TPSA) is 0 Å². The Bertz CT molecular complexity index is 581. The van der Waals surface area contributed by atoms with Crippen LogP contribution in [0.3, 0.4) is 0 Å². The molecule has 0 nitrogen and oxygen atoms in total. The molecular weight excluding hydrogens is 864 g/mol. The fourth-order valence-electron chi connectivity index (χ4n) is 8.89. The van der Waals surface area contributed by atoms with Crippen LogP contribution in [0.1, 0.15) is 285 Å². The molecule has 0 aliphatic rings. The zero-order valence-electron chi connectivity index (χ0n) is 37.6. The summed E-state index contributed by atoms with van der Waals surface area (Å²) in [6.45, 7) is 9.16. The SMILES string of the molecule is CCCCCCCCCCC[CH2][Sn]([F])([CH2]CCCCCCCCCCC)[CH2][Sn]([F])([CH2]CCCCCCCCCCC)[CH2]CCCCCCCCCCC. The Hall–Kier alpha value is 1.46. The number of hydrogen-bond donors (Lipinski definition) is 0. The van der Waals surface area contributed by atoms with E-state index >= 15 is 5.73 Å². The van der Waals surface area contributed by atoms with Crippen molar-refractivity contribution in [2.24, 2.45) is 0 Å². The molecule has 0 aromatic carbocycles. The number of halogens is 2. The molecule has 0 fully saturated rings. The Labute approximate surface area is 345 Å². The van der Waals surface area contributed by atoms with Crippen molar-refractivity contribution in [1.82, 2.24) is 0 Å². The molecule has 0 aromatic heterocycles. The van der Waals surface area contributed by atoms with Crippen LogP contribution in [-0.4, -0.2) is 37.9 Å². The molecule has 0 aliphatic carbocycles. The van der Waals surface area contributed by atoms with Gasteiger partial charge in [-0.25, -0.2) is 0 Å². The van der Waals surface area contributed by atoms with Crippen LogP contribution in [0.4, 0.5) is 5.73 Å². The van der Waals surface area contributed by atoms with Crippen molar-refractivity contribution in [1.29, 1.82) is 0 Å². The third-order valence-corrected chi connectivity index (χ3v) is 54.7. The fourth-order valence-corrected chi connectivity index (χ4v) is 60.9. The molecule has 0 rings (SSSR count). The van der Waals surface area contributed by atoms with Gasteiger partial charge in [0, 0.05) is 0 Å². The zero-order chi connectivity index (χ0) is 38.8. The van der Waals surface area contributed by atoms with E-state index in [0.29, 0.717) is 2.45 Å². The molecule has 320 valence electrons. The summed E-state index contributed by atoms with van der Waals surface area (Å²) in [5.41, 5.74) is 0. The summed E-state index contributed by atoms with van der Waals surface area (Å²) in [6, 6.07) is 0. The van der Waals surface area contributed by atoms with Crippen LogP contribution < -0.4 is 0 Å². The molecule has 0 aliphatic heterocycles. The van der Waals surface area contributed by atoms with Gasteiger partial charge in [0.2, 0.25) is 0 Å². The van der Waals surface area contributed by atoms with E-state index in [0.717, 1.165) is 43.4 Å². The molecule has 0 unspecified atom stereocenters. The van der Waals surface area contributed by atoms with Crippen LogP contribution in [0, 0.1) is 0 Å². The minimum absolute atomic E-state index is 0.590. The second-order valence-electron chi connectivity index (χ2n) is 18.2. The van der Waals surface area contributed by atoms with Crippen LogP contribution in [0.5, 0.6) is 0 Å². The second-order valence-corrected chi connectivity index (χ2v) is 44.8. The molecule has 4 heteroatoms. The summed E-state index contributed by atoms with van der Waals surface area (Å²) >= 11 is -7.93. The minimum atomic E-state index is -3.97. The van der Waals surface area contributed by atoms with Gasteiger partial charge in [0.25, 0.3) is 0 Å². The van der Waals surface area contributed by atoms with E-state index in [-0.39, 0.29) is 0 Å². The van der Waals surface area contributed by atoms with E-state index in [1.165, 1.54) is 231 Å². The van der Waals surface area contributed by atoms with Gasteiger partial charge >= 0.3 is 348 Å². The Kier molecular flexibility index (Phi) is 44.2. The Morgan fingerprint density at radius 1 is 0.208 bits per heavy atom. The third-order valence-electron chi connectivity index (χ3n) is 12.5. The van der Waals surface area contributed by atoms with Gasteiger partial charge in [-0.1, -0.05) is 0 Å². The summed E-state index contributed by atoms with van der Waals surface area (Å²) < 4.78 is 38.8. The molecule has 0 saturated heterocycles. The van der Waals surface area contributed by atoms with Crippen molar-refractivity contribution in [3.63, 3.8) is 0 Å². The Balaban J connectivity index is 5.09. The van der Waals surface area contributed by atoms with Crippen LogP contribution in [0.25, 0.3) is 0 Å². The molecule has 0 bridgehead atoms. The Morgan fingerprint density at radius 3 is 0.491 bits per heavy atom. The predicted molar refractivity (Wildman–Crippen MR) is 245 cm³/mol. The van der Waals surface area contributed by atoms with Gasteiger partial charge < -0.3 is 0 Å². The zero-order valence-corrected chi connectivity index (χ0v) is 43.3. The summed E-state index contributed by atoms with van der Waals surface area (Å²) in [6.07, 6.45) is 52.3. The van der Waals surface area contributed by atoms with Crippen LogP contribution in [-0.2, 0) is 0 Å². The van der Waals surface area contributed by atoms with Gasteiger partial charge in [-0.05, 0) is 0 Å². The summed E-state index contributed by atoms with van der Waals surface area (Å²) in [5, 5.41) is 0.